The van der Waals surface area contributed by atoms with E-state index in [9.17, 15) is 9.59 Å². The molecule has 9 nitrogen and oxygen atoms in total. The molecule has 0 bridgehead atoms. The van der Waals surface area contributed by atoms with Crippen molar-refractivity contribution in [2.24, 2.45) is 0 Å². The number of nitrogens with one attached hydrogen (secondary N) is 1. The molecule has 0 atom stereocenters. The molecule has 0 aliphatic carbocycles. The number of hydrogen-bond donors (Lipinski definition) is 1. The van der Waals surface area contributed by atoms with E-state index in [-0.39, 0.29) is 18.1 Å². The number of benzene rings is 2. The first kappa shape index (κ1) is 22.4. The number of fused-ring (bicyclic) bond motifs is 3. The SMILES string of the molecule is CCCCOc1ccc(-c2cc3c4nn(CC(=O)NCc5ccccc5)c(=O)n4ccn3n2)cc1. The van der Waals surface area contributed by atoms with Gasteiger partial charge in [0.25, 0.3) is 0 Å². The Morgan fingerprint density at radius 1 is 1.03 bits per heavy atom. The predicted octanol–water partition coefficient (Wildman–Crippen LogP) is 3.31. The van der Waals surface area contributed by atoms with Crippen LogP contribution in [0.1, 0.15) is 25.3 Å². The number of aromatic nitrogens is 5. The zero-order valence-electron chi connectivity index (χ0n) is 19.4. The Labute approximate surface area is 201 Å². The molecule has 35 heavy (non-hydrogen) atoms. The molecule has 0 aliphatic rings. The summed E-state index contributed by atoms with van der Waals surface area (Å²) in [5.41, 5.74) is 3.39. The van der Waals surface area contributed by atoms with E-state index in [1.807, 2.05) is 60.7 Å². The zero-order chi connectivity index (χ0) is 24.2. The van der Waals surface area contributed by atoms with E-state index in [0.717, 1.165) is 35.4 Å². The van der Waals surface area contributed by atoms with Crippen molar-refractivity contribution >= 4 is 17.1 Å². The van der Waals surface area contributed by atoms with Crippen LogP contribution < -0.4 is 15.7 Å². The Morgan fingerprint density at radius 3 is 2.60 bits per heavy atom. The highest BCUT2D eigenvalue weighted by Crippen LogP contribution is 2.24. The van der Waals surface area contributed by atoms with Gasteiger partial charge in [-0.1, -0.05) is 43.7 Å². The van der Waals surface area contributed by atoms with Gasteiger partial charge in [0.2, 0.25) is 5.91 Å². The molecule has 0 aliphatic heterocycles. The van der Waals surface area contributed by atoms with Crippen LogP contribution in [0.25, 0.3) is 22.4 Å². The summed E-state index contributed by atoms with van der Waals surface area (Å²) in [4.78, 5) is 25.3. The number of hydrogen-bond acceptors (Lipinski definition) is 5. The maximum absolute atomic E-state index is 12.8. The summed E-state index contributed by atoms with van der Waals surface area (Å²) in [6.07, 6.45) is 5.42. The van der Waals surface area contributed by atoms with Crippen molar-refractivity contribution in [3.05, 3.63) is 89.1 Å². The maximum atomic E-state index is 12.8. The molecule has 9 heteroatoms. The second-order valence-electron chi connectivity index (χ2n) is 8.28. The first-order valence-electron chi connectivity index (χ1n) is 11.6. The number of nitrogens with zero attached hydrogens (tertiary/aromatic N) is 5. The van der Waals surface area contributed by atoms with Gasteiger partial charge in [-0.25, -0.2) is 18.4 Å². The van der Waals surface area contributed by atoms with Crippen molar-refractivity contribution in [3.63, 3.8) is 0 Å². The highest BCUT2D eigenvalue weighted by atomic mass is 16.5. The fourth-order valence-corrected chi connectivity index (χ4v) is 3.82. The van der Waals surface area contributed by atoms with Gasteiger partial charge in [-0.3, -0.25) is 4.79 Å². The predicted molar refractivity (Wildman–Crippen MR) is 132 cm³/mol. The van der Waals surface area contributed by atoms with E-state index in [1.165, 1.54) is 9.08 Å². The summed E-state index contributed by atoms with van der Waals surface area (Å²) in [6.45, 7) is 3.05. The standard InChI is InChI=1S/C26H26N6O3/c1-2-3-15-35-21-11-9-20(10-12-21)22-16-23-25-29-32(26(34)30(25)13-14-31(23)28-22)18-24(33)27-17-19-7-5-4-6-8-19/h4-14,16H,2-3,15,17-18H2,1H3,(H,27,33). The van der Waals surface area contributed by atoms with Crippen LogP contribution in [-0.2, 0) is 17.9 Å². The molecule has 1 N–H and O–H groups in total. The second kappa shape index (κ2) is 9.84. The molecule has 0 saturated carbocycles. The van der Waals surface area contributed by atoms with Crippen LogP contribution in [-0.4, -0.2) is 36.3 Å². The van der Waals surface area contributed by atoms with Crippen LogP contribution in [0.3, 0.4) is 0 Å². The van der Waals surface area contributed by atoms with Crippen LogP contribution in [0, 0.1) is 0 Å². The third-order valence-electron chi connectivity index (χ3n) is 5.73. The summed E-state index contributed by atoms with van der Waals surface area (Å²) in [5, 5.41) is 11.9. The Hall–Kier alpha value is -4.40. The van der Waals surface area contributed by atoms with Crippen molar-refractivity contribution in [2.45, 2.75) is 32.9 Å². The minimum absolute atomic E-state index is 0.167. The molecule has 2 aromatic carbocycles. The van der Waals surface area contributed by atoms with E-state index in [1.54, 1.807) is 16.9 Å². The Bertz CT molecular complexity index is 1520. The van der Waals surface area contributed by atoms with Crippen LogP contribution in [0.2, 0.25) is 0 Å². The smallest absolute Gasteiger partial charge is 0.350 e. The minimum atomic E-state index is -0.381. The number of unbranched alkanes of at least 4 members (excludes halogenated alkanes) is 1. The Morgan fingerprint density at radius 2 is 1.83 bits per heavy atom. The summed E-state index contributed by atoms with van der Waals surface area (Å²) in [5.74, 6) is 0.537. The normalized spacial score (nSPS) is 11.2. The fourth-order valence-electron chi connectivity index (χ4n) is 3.82. The lowest BCUT2D eigenvalue weighted by molar-refractivity contribution is -0.122. The molecule has 0 unspecified atom stereocenters. The average Bonchev–Trinajstić information content (AvgIpc) is 3.45. The van der Waals surface area contributed by atoms with E-state index >= 15 is 0 Å². The van der Waals surface area contributed by atoms with E-state index < -0.39 is 0 Å². The van der Waals surface area contributed by atoms with Gasteiger partial charge >= 0.3 is 5.69 Å². The lowest BCUT2D eigenvalue weighted by Crippen LogP contribution is -2.32. The molecular weight excluding hydrogens is 444 g/mol. The van der Waals surface area contributed by atoms with Gasteiger partial charge in [0.1, 0.15) is 17.8 Å². The van der Waals surface area contributed by atoms with Gasteiger partial charge in [0, 0.05) is 24.5 Å². The maximum Gasteiger partial charge on any atom is 0.350 e. The highest BCUT2D eigenvalue weighted by Gasteiger charge is 2.15. The summed E-state index contributed by atoms with van der Waals surface area (Å²) < 4.78 is 10.0. The number of carbonyl (C=O) groups is 1. The quantitative estimate of drug-likeness (QED) is 0.334. The largest absolute Gasteiger partial charge is 0.494 e. The third kappa shape index (κ3) is 4.79. The molecule has 5 rings (SSSR count). The van der Waals surface area contributed by atoms with Gasteiger partial charge in [-0.2, -0.15) is 5.10 Å². The lowest BCUT2D eigenvalue weighted by atomic mass is 10.1. The molecule has 178 valence electrons. The van der Waals surface area contributed by atoms with Gasteiger partial charge in [0.05, 0.1) is 12.3 Å². The second-order valence-corrected chi connectivity index (χ2v) is 8.28. The van der Waals surface area contributed by atoms with Crippen LogP contribution in [0.4, 0.5) is 0 Å². The molecular formula is C26H26N6O3. The number of carbonyl (C=O) groups excluding carboxylic acids is 1. The molecule has 0 radical (unpaired) electrons. The Balaban J connectivity index is 1.36. The monoisotopic (exact) mass is 470 g/mol. The fraction of sp³-hybridized carbons (Fsp3) is 0.231. The molecule has 3 aromatic heterocycles. The zero-order valence-corrected chi connectivity index (χ0v) is 19.4. The average molecular weight is 471 g/mol. The first-order valence-corrected chi connectivity index (χ1v) is 11.6. The van der Waals surface area contributed by atoms with Crippen LogP contribution in [0.5, 0.6) is 5.75 Å². The summed E-state index contributed by atoms with van der Waals surface area (Å²) in [6, 6.07) is 19.3. The Kier molecular flexibility index (Phi) is 6.30. The molecule has 5 aromatic rings. The van der Waals surface area contributed by atoms with Gasteiger partial charge in [-0.15, -0.1) is 5.10 Å². The van der Waals surface area contributed by atoms with Gasteiger partial charge < -0.3 is 10.1 Å². The molecule has 0 saturated heterocycles. The molecule has 0 fully saturated rings. The summed E-state index contributed by atoms with van der Waals surface area (Å²) in [7, 11) is 0. The summed E-state index contributed by atoms with van der Waals surface area (Å²) >= 11 is 0. The minimum Gasteiger partial charge on any atom is -0.494 e. The molecule has 3 heterocycles. The van der Waals surface area contributed by atoms with Crippen LogP contribution in [0.15, 0.2) is 77.9 Å². The van der Waals surface area contributed by atoms with Crippen molar-refractivity contribution in [1.29, 1.82) is 0 Å². The number of rotatable bonds is 9. The number of ether oxygens (including phenoxy) is 1. The van der Waals surface area contributed by atoms with Crippen molar-refractivity contribution in [3.8, 4) is 17.0 Å². The van der Waals surface area contributed by atoms with E-state index in [0.29, 0.717) is 24.3 Å². The van der Waals surface area contributed by atoms with Gasteiger partial charge in [0.15, 0.2) is 5.65 Å². The van der Waals surface area contributed by atoms with Crippen molar-refractivity contribution in [2.75, 3.05) is 6.61 Å². The third-order valence-corrected chi connectivity index (χ3v) is 5.73. The topological polar surface area (TPSA) is 94.9 Å². The van der Waals surface area contributed by atoms with E-state index in [4.69, 9.17) is 4.74 Å². The number of amides is 1. The highest BCUT2D eigenvalue weighted by molar-refractivity contribution is 5.78. The van der Waals surface area contributed by atoms with Crippen molar-refractivity contribution in [1.82, 2.24) is 29.1 Å². The molecule has 1 amide bonds. The molecule has 0 spiro atoms. The van der Waals surface area contributed by atoms with Gasteiger partial charge in [-0.05, 0) is 42.3 Å². The first-order chi connectivity index (χ1) is 17.1. The van der Waals surface area contributed by atoms with Crippen molar-refractivity contribution < 1.29 is 9.53 Å². The van der Waals surface area contributed by atoms with E-state index in [2.05, 4.69) is 22.4 Å². The van der Waals surface area contributed by atoms with Crippen LogP contribution >= 0.6 is 0 Å². The lowest BCUT2D eigenvalue weighted by Gasteiger charge is -2.05.